The van der Waals surface area contributed by atoms with Crippen LogP contribution in [0.5, 0.6) is 0 Å². The zero-order chi connectivity index (χ0) is 23.0. The van der Waals surface area contributed by atoms with Crippen LogP contribution in [0.3, 0.4) is 0 Å². The Labute approximate surface area is 202 Å². The molecule has 6 nitrogen and oxygen atoms in total. The van der Waals surface area contributed by atoms with Crippen molar-refractivity contribution in [2.75, 3.05) is 31.2 Å². The third kappa shape index (κ3) is 7.27. The second-order valence-electron chi connectivity index (χ2n) is 7.07. The van der Waals surface area contributed by atoms with Gasteiger partial charge in [0.25, 0.3) is 0 Å². The summed E-state index contributed by atoms with van der Waals surface area (Å²) in [5.74, 6) is 0. The lowest BCUT2D eigenvalue weighted by molar-refractivity contribution is -0.688. The highest BCUT2D eigenvalue weighted by molar-refractivity contribution is 7.69. The lowest BCUT2D eigenvalue weighted by Crippen LogP contribution is -2.34. The molecule has 0 amide bonds. The summed E-state index contributed by atoms with van der Waals surface area (Å²) in [5.41, 5.74) is 3.48. The van der Waals surface area contributed by atoms with Crippen LogP contribution in [0.1, 0.15) is 5.56 Å². The largest absolute Gasteiger partial charge is 0.395 e. The molecule has 168 valence electrons. The van der Waals surface area contributed by atoms with E-state index in [1.807, 2.05) is 82.5 Å². The van der Waals surface area contributed by atoms with Crippen molar-refractivity contribution < 1.29 is 14.8 Å². The zero-order valence-corrected chi connectivity index (χ0v) is 20.5. The number of halogens is 3. The van der Waals surface area contributed by atoms with Gasteiger partial charge in [0.05, 0.1) is 24.6 Å². The normalized spacial score (nSPS) is 11.8. The van der Waals surface area contributed by atoms with Crippen LogP contribution in [-0.2, 0) is 6.54 Å². The first-order valence-corrected chi connectivity index (χ1v) is 15.1. The highest BCUT2D eigenvalue weighted by atomic mass is 35.8. The van der Waals surface area contributed by atoms with Gasteiger partial charge in [-0.25, -0.2) is 4.57 Å². The summed E-state index contributed by atoms with van der Waals surface area (Å²) in [7, 11) is 0. The van der Waals surface area contributed by atoms with Crippen LogP contribution in [0, 0.1) is 0 Å². The number of azo groups is 1. The predicted molar refractivity (Wildman–Crippen MR) is 132 cm³/mol. The minimum atomic E-state index is -2.85. The van der Waals surface area contributed by atoms with Crippen molar-refractivity contribution in [1.29, 1.82) is 0 Å². The molecule has 3 aromatic rings. The van der Waals surface area contributed by atoms with Crippen LogP contribution >= 0.6 is 33.2 Å². The second-order valence-corrected chi connectivity index (χ2v) is 15.5. The molecule has 32 heavy (non-hydrogen) atoms. The zero-order valence-electron chi connectivity index (χ0n) is 17.3. The quantitative estimate of drug-likeness (QED) is 0.187. The van der Waals surface area contributed by atoms with E-state index in [1.54, 1.807) is 0 Å². The molecule has 0 aliphatic carbocycles. The maximum absolute atomic E-state index is 9.16. The molecule has 0 aliphatic heterocycles. The highest BCUT2D eigenvalue weighted by Crippen LogP contribution is 2.22. The molecular weight excluding hydrogens is 487 g/mol. The van der Waals surface area contributed by atoms with Crippen LogP contribution in [0.15, 0.2) is 83.3 Å². The van der Waals surface area contributed by atoms with Crippen molar-refractivity contribution in [1.82, 2.24) is 0 Å². The second kappa shape index (κ2) is 11.7. The lowest BCUT2D eigenvalue weighted by Gasteiger charge is -2.22. The monoisotopic (exact) mass is 509 g/mol. The van der Waals surface area contributed by atoms with Crippen molar-refractivity contribution in [3.63, 3.8) is 0 Å². The molecule has 0 aliphatic rings. The Hall–Kier alpha value is -2.00. The van der Waals surface area contributed by atoms with E-state index in [4.69, 9.17) is 43.5 Å². The number of anilines is 1. The van der Waals surface area contributed by atoms with Crippen molar-refractivity contribution in [2.24, 2.45) is 10.2 Å². The summed E-state index contributed by atoms with van der Waals surface area (Å²) in [4.78, 5) is 1.91. The molecule has 2 aromatic carbocycles. The van der Waals surface area contributed by atoms with E-state index in [2.05, 4.69) is 10.2 Å². The third-order valence-corrected chi connectivity index (χ3v) is 7.71. The summed E-state index contributed by atoms with van der Waals surface area (Å²) >= 11 is 18.1. The number of nitrogens with zero attached hydrogens (tertiary/aromatic N) is 4. The average Bonchev–Trinajstić information content (AvgIpc) is 2.79. The van der Waals surface area contributed by atoms with Crippen LogP contribution in [0.2, 0.25) is 0 Å². The Morgan fingerprint density at radius 1 is 0.750 bits per heavy atom. The van der Waals surface area contributed by atoms with Crippen LogP contribution in [-0.4, -0.2) is 42.5 Å². The van der Waals surface area contributed by atoms with E-state index in [9.17, 15) is 0 Å². The number of aliphatic hydroxyl groups excluding tert-OH is 2. The van der Waals surface area contributed by atoms with Gasteiger partial charge in [0.1, 0.15) is 0 Å². The molecule has 0 bridgehead atoms. The van der Waals surface area contributed by atoms with Crippen LogP contribution in [0.25, 0.3) is 0 Å². The highest BCUT2D eigenvalue weighted by Gasteiger charge is 2.27. The molecule has 3 rings (SSSR count). The Morgan fingerprint density at radius 3 is 1.78 bits per heavy atom. The first-order valence-electron chi connectivity index (χ1n) is 10.0. The van der Waals surface area contributed by atoms with E-state index < -0.39 is 6.00 Å². The van der Waals surface area contributed by atoms with Gasteiger partial charge in [0.15, 0.2) is 18.9 Å². The maximum atomic E-state index is 9.16. The van der Waals surface area contributed by atoms with Gasteiger partial charge in [-0.1, -0.05) is 24.3 Å². The van der Waals surface area contributed by atoms with Gasteiger partial charge in [0.2, 0.25) is 0 Å². The van der Waals surface area contributed by atoms with E-state index in [0.717, 1.165) is 27.8 Å². The van der Waals surface area contributed by atoms with Gasteiger partial charge < -0.3 is 15.1 Å². The molecule has 0 radical (unpaired) electrons. The SMILES string of the molecule is OCCN(CCO)c1ccc(N=Nc2cc[n+](Cc3ccc([Si](Cl)(Cl)Cl)cc3)cc2)cc1. The third-order valence-electron chi connectivity index (χ3n) is 4.76. The fourth-order valence-corrected chi connectivity index (χ4v) is 4.77. The molecule has 1 heterocycles. The van der Waals surface area contributed by atoms with Gasteiger partial charge in [-0.15, -0.1) is 33.2 Å². The molecule has 2 N–H and O–H groups in total. The molecule has 0 saturated heterocycles. The standard InChI is InChI=1S/C22H24Cl3N4O2Si/c23-32(24,25)22-7-1-18(2-8-22)17-28-11-9-20(10-12-28)27-26-19-3-5-21(6-4-19)29(13-15-30)14-16-31/h1-12,30-31H,13-17H2/q+1. The van der Waals surface area contributed by atoms with Gasteiger partial charge in [0, 0.05) is 36.5 Å². The minimum absolute atomic E-state index is 0.0251. The molecule has 0 atom stereocenters. The number of aromatic nitrogens is 1. The fourth-order valence-electron chi connectivity index (χ4n) is 3.09. The molecule has 0 fully saturated rings. The van der Waals surface area contributed by atoms with Crippen LogP contribution < -0.4 is 14.7 Å². The van der Waals surface area contributed by atoms with Crippen molar-refractivity contribution in [3.8, 4) is 0 Å². The van der Waals surface area contributed by atoms with Gasteiger partial charge >= 0.3 is 6.00 Å². The Kier molecular flexibility index (Phi) is 9.04. The van der Waals surface area contributed by atoms with E-state index in [0.29, 0.717) is 19.6 Å². The summed E-state index contributed by atoms with van der Waals surface area (Å²) < 4.78 is 2.03. The Morgan fingerprint density at radius 2 is 1.28 bits per heavy atom. The smallest absolute Gasteiger partial charge is 0.372 e. The number of benzene rings is 2. The fraction of sp³-hybridized carbons (Fsp3) is 0.227. The number of hydrogen-bond acceptors (Lipinski definition) is 5. The van der Waals surface area contributed by atoms with E-state index >= 15 is 0 Å². The summed E-state index contributed by atoms with van der Waals surface area (Å²) in [6, 6.07) is 16.1. The molecule has 1 aromatic heterocycles. The average molecular weight is 511 g/mol. The topological polar surface area (TPSA) is 72.3 Å². The van der Waals surface area contributed by atoms with Gasteiger partial charge in [-0.05, 0) is 29.5 Å². The molecule has 10 heteroatoms. The summed E-state index contributed by atoms with van der Waals surface area (Å²) in [6.45, 7) is 1.67. The molecular formula is C22H24Cl3N4O2Si+. The summed E-state index contributed by atoms with van der Waals surface area (Å²) in [5, 5.41) is 27.7. The predicted octanol–water partition coefficient (Wildman–Crippen LogP) is 4.09. The first-order chi connectivity index (χ1) is 15.4. The molecule has 0 unspecified atom stereocenters. The van der Waals surface area contributed by atoms with Gasteiger partial charge in [-0.3, -0.25) is 0 Å². The number of rotatable bonds is 10. The lowest BCUT2D eigenvalue weighted by atomic mass is 10.2. The minimum Gasteiger partial charge on any atom is -0.395 e. The molecule has 0 spiro atoms. The van der Waals surface area contributed by atoms with Crippen LogP contribution in [0.4, 0.5) is 17.1 Å². The van der Waals surface area contributed by atoms with Crippen molar-refractivity contribution in [2.45, 2.75) is 6.54 Å². The summed E-state index contributed by atoms with van der Waals surface area (Å²) in [6.07, 6.45) is 3.88. The Balaban J connectivity index is 1.60. The number of aliphatic hydroxyl groups is 2. The number of hydrogen-bond donors (Lipinski definition) is 2. The van der Waals surface area contributed by atoms with Crippen molar-refractivity contribution >= 4 is 61.5 Å². The number of pyridine rings is 1. The first kappa shape index (κ1) is 24.6. The Bertz CT molecular complexity index is 1010. The van der Waals surface area contributed by atoms with E-state index in [1.165, 1.54) is 0 Å². The molecule has 0 saturated carbocycles. The van der Waals surface area contributed by atoms with E-state index in [-0.39, 0.29) is 13.2 Å². The maximum Gasteiger partial charge on any atom is 0.372 e. The van der Waals surface area contributed by atoms with Gasteiger partial charge in [-0.2, -0.15) is 10.2 Å². The van der Waals surface area contributed by atoms with Crippen molar-refractivity contribution in [3.05, 3.63) is 78.6 Å².